The van der Waals surface area contributed by atoms with Crippen LogP contribution in [-0.2, 0) is 4.79 Å². The van der Waals surface area contributed by atoms with E-state index in [1.165, 1.54) is 73.8 Å². The molecule has 0 radical (unpaired) electrons. The number of carbonyl (C=O) groups is 1. The Labute approximate surface area is 216 Å². The number of nitrogens with zero attached hydrogens (tertiary/aromatic N) is 1. The van der Waals surface area contributed by atoms with Crippen LogP contribution in [0.1, 0.15) is 108 Å². The molecular weight excluding hydrogens is 454 g/mol. The van der Waals surface area contributed by atoms with Crippen molar-refractivity contribution in [3.63, 3.8) is 0 Å². The first-order valence-corrected chi connectivity index (χ1v) is 15.1. The summed E-state index contributed by atoms with van der Waals surface area (Å²) in [6, 6.07) is 4.44. The monoisotopic (exact) mass is 497 g/mol. The highest BCUT2D eigenvalue weighted by Gasteiger charge is 2.40. The largest absolute Gasteiger partial charge is 0.482 e. The maximum absolute atomic E-state index is 13.1. The molecule has 0 aromatic heterocycles. The summed E-state index contributed by atoms with van der Waals surface area (Å²) in [6.45, 7) is 9.71. The Bertz CT molecular complexity index is 955. The zero-order chi connectivity index (χ0) is 24.4. The lowest BCUT2D eigenvalue weighted by Gasteiger charge is -2.36. The first-order chi connectivity index (χ1) is 16.9. The zero-order valence-electron chi connectivity index (χ0n) is 22.0. The molecule has 1 saturated heterocycles. The molecular formula is C30H43NO3S. The van der Waals surface area contributed by atoms with E-state index in [0.717, 1.165) is 48.9 Å². The van der Waals surface area contributed by atoms with Gasteiger partial charge < -0.3 is 14.4 Å². The van der Waals surface area contributed by atoms with Crippen molar-refractivity contribution in [2.45, 2.75) is 103 Å². The number of rotatable bonds is 6. The van der Waals surface area contributed by atoms with Gasteiger partial charge in [-0.1, -0.05) is 39.0 Å². The lowest BCUT2D eigenvalue weighted by Crippen LogP contribution is -2.33. The predicted octanol–water partition coefficient (Wildman–Crippen LogP) is 7.56. The molecule has 1 aromatic carbocycles. The first-order valence-electron chi connectivity index (χ1n) is 14.1. The van der Waals surface area contributed by atoms with Gasteiger partial charge in [0.05, 0.1) is 12.0 Å². The standard InChI is InChI=1S/C30H43NO3S/c1-21(22-11-7-6-8-12-22)23-19-25(33-27(32)13-17-31-15-9-4-5-10-16-31)28-24-14-18-35-29(24)30(2,3)34-26(28)20-23/h19-22H,4-18H2,1-3H3. The third-order valence-electron chi connectivity index (χ3n) is 8.61. The minimum atomic E-state index is -0.329. The normalized spacial score (nSPS) is 23.7. The van der Waals surface area contributed by atoms with E-state index in [9.17, 15) is 4.79 Å². The van der Waals surface area contributed by atoms with Crippen LogP contribution < -0.4 is 9.47 Å². The van der Waals surface area contributed by atoms with Crippen LogP contribution in [-0.4, -0.2) is 41.9 Å². The minimum Gasteiger partial charge on any atom is -0.482 e. The van der Waals surface area contributed by atoms with Crippen LogP contribution in [0.5, 0.6) is 11.5 Å². The summed E-state index contributed by atoms with van der Waals surface area (Å²) in [5, 5.41) is 0. The van der Waals surface area contributed by atoms with Crippen LogP contribution in [0.2, 0.25) is 0 Å². The number of esters is 1. The number of thioether (sulfide) groups is 1. The zero-order valence-corrected chi connectivity index (χ0v) is 22.8. The second kappa shape index (κ2) is 10.9. The van der Waals surface area contributed by atoms with Gasteiger partial charge >= 0.3 is 5.97 Å². The molecule has 35 heavy (non-hydrogen) atoms. The summed E-state index contributed by atoms with van der Waals surface area (Å²) in [6.07, 6.45) is 13.2. The third kappa shape index (κ3) is 5.61. The van der Waals surface area contributed by atoms with Crippen molar-refractivity contribution in [1.29, 1.82) is 0 Å². The van der Waals surface area contributed by atoms with E-state index in [0.29, 0.717) is 18.3 Å². The van der Waals surface area contributed by atoms with Gasteiger partial charge in [-0.3, -0.25) is 4.79 Å². The molecule has 5 rings (SSSR count). The van der Waals surface area contributed by atoms with E-state index < -0.39 is 0 Å². The summed E-state index contributed by atoms with van der Waals surface area (Å²) in [5.74, 6) is 3.73. The van der Waals surface area contributed by atoms with E-state index in [1.807, 2.05) is 11.8 Å². The number of fused-ring (bicyclic) bond motifs is 2. The van der Waals surface area contributed by atoms with Crippen molar-refractivity contribution in [1.82, 2.24) is 4.90 Å². The second-order valence-electron chi connectivity index (χ2n) is 11.6. The van der Waals surface area contributed by atoms with Crippen molar-refractivity contribution in [2.24, 2.45) is 5.92 Å². The van der Waals surface area contributed by atoms with Crippen LogP contribution >= 0.6 is 11.8 Å². The van der Waals surface area contributed by atoms with Crippen molar-refractivity contribution >= 4 is 23.3 Å². The summed E-state index contributed by atoms with van der Waals surface area (Å²) in [5.41, 5.74) is 3.29. The molecule has 1 unspecified atom stereocenters. The lowest BCUT2D eigenvalue weighted by atomic mass is 9.77. The number of allylic oxidation sites excluding steroid dienone is 1. The van der Waals surface area contributed by atoms with Crippen molar-refractivity contribution in [3.8, 4) is 11.5 Å². The van der Waals surface area contributed by atoms with Crippen LogP contribution in [0.3, 0.4) is 0 Å². The highest BCUT2D eigenvalue weighted by atomic mass is 32.2. The van der Waals surface area contributed by atoms with Gasteiger partial charge in [-0.25, -0.2) is 0 Å². The van der Waals surface area contributed by atoms with Crippen LogP contribution in [0.15, 0.2) is 17.0 Å². The molecule has 0 N–H and O–H groups in total. The maximum atomic E-state index is 13.1. The quantitative estimate of drug-likeness (QED) is 0.299. The topological polar surface area (TPSA) is 38.8 Å². The Kier molecular flexibility index (Phi) is 7.84. The number of benzene rings is 1. The summed E-state index contributed by atoms with van der Waals surface area (Å²) < 4.78 is 12.8. The molecule has 3 aliphatic heterocycles. The number of likely N-dealkylation sites (tertiary alicyclic amines) is 1. The first kappa shape index (κ1) is 25.2. The Morgan fingerprint density at radius 2 is 1.83 bits per heavy atom. The average Bonchev–Trinajstić information content (AvgIpc) is 3.20. The summed E-state index contributed by atoms with van der Waals surface area (Å²) in [7, 11) is 0. The molecule has 4 aliphatic rings. The number of ether oxygens (including phenoxy) is 2. The van der Waals surface area contributed by atoms with E-state index in [2.05, 4.69) is 37.8 Å². The predicted molar refractivity (Wildman–Crippen MR) is 145 cm³/mol. The maximum Gasteiger partial charge on any atom is 0.312 e. The second-order valence-corrected chi connectivity index (χ2v) is 12.7. The molecule has 1 atom stereocenters. The Morgan fingerprint density at radius 3 is 2.57 bits per heavy atom. The van der Waals surface area contributed by atoms with Gasteiger partial charge in [0, 0.05) is 17.2 Å². The highest BCUT2D eigenvalue weighted by molar-refractivity contribution is 8.03. The van der Waals surface area contributed by atoms with Crippen LogP contribution in [0, 0.1) is 5.92 Å². The lowest BCUT2D eigenvalue weighted by molar-refractivity contribution is -0.134. The van der Waals surface area contributed by atoms with E-state index in [1.54, 1.807) is 0 Å². The minimum absolute atomic E-state index is 0.114. The van der Waals surface area contributed by atoms with Crippen molar-refractivity contribution in [3.05, 3.63) is 28.2 Å². The highest BCUT2D eigenvalue weighted by Crippen LogP contribution is 2.54. The van der Waals surface area contributed by atoms with Gasteiger partial charge in [-0.05, 0) is 94.1 Å². The van der Waals surface area contributed by atoms with Gasteiger partial charge in [0.2, 0.25) is 0 Å². The van der Waals surface area contributed by atoms with Gasteiger partial charge in [0.1, 0.15) is 17.1 Å². The fourth-order valence-electron chi connectivity index (χ4n) is 6.57. The van der Waals surface area contributed by atoms with Crippen molar-refractivity contribution in [2.75, 3.05) is 25.4 Å². The SMILES string of the molecule is CC(c1cc(OC(=O)CCN2CCCCCC2)c2c(c1)OC(C)(C)C1=C2CCS1)C1CCCCC1. The molecule has 0 spiro atoms. The summed E-state index contributed by atoms with van der Waals surface area (Å²) >= 11 is 1.90. The van der Waals surface area contributed by atoms with E-state index >= 15 is 0 Å². The number of hydrogen-bond acceptors (Lipinski definition) is 5. The molecule has 1 aliphatic carbocycles. The fraction of sp³-hybridized carbons (Fsp3) is 0.700. The van der Waals surface area contributed by atoms with E-state index in [-0.39, 0.29) is 11.6 Å². The summed E-state index contributed by atoms with van der Waals surface area (Å²) in [4.78, 5) is 16.9. The van der Waals surface area contributed by atoms with Crippen molar-refractivity contribution < 1.29 is 14.3 Å². The molecule has 0 bridgehead atoms. The third-order valence-corrected chi connectivity index (χ3v) is 10.0. The van der Waals surface area contributed by atoms with Gasteiger partial charge in [0.15, 0.2) is 0 Å². The molecule has 4 nitrogen and oxygen atoms in total. The van der Waals surface area contributed by atoms with Gasteiger partial charge in [0.25, 0.3) is 0 Å². The molecule has 192 valence electrons. The number of carbonyl (C=O) groups excluding carboxylic acids is 1. The molecule has 2 fully saturated rings. The fourth-order valence-corrected chi connectivity index (χ4v) is 7.85. The van der Waals surface area contributed by atoms with Crippen LogP contribution in [0.4, 0.5) is 0 Å². The molecule has 0 amide bonds. The van der Waals surface area contributed by atoms with E-state index in [4.69, 9.17) is 9.47 Å². The molecule has 1 saturated carbocycles. The Hall–Kier alpha value is -1.46. The van der Waals surface area contributed by atoms with Gasteiger partial charge in [-0.2, -0.15) is 0 Å². The Balaban J connectivity index is 1.42. The molecule has 3 heterocycles. The smallest absolute Gasteiger partial charge is 0.312 e. The van der Waals surface area contributed by atoms with Crippen LogP contribution in [0.25, 0.3) is 5.57 Å². The average molecular weight is 498 g/mol. The Morgan fingerprint density at radius 1 is 1.11 bits per heavy atom. The molecule has 1 aromatic rings. The molecule has 5 heteroatoms. The van der Waals surface area contributed by atoms with Gasteiger partial charge in [-0.15, -0.1) is 11.8 Å². The number of hydrogen-bond donors (Lipinski definition) is 0.